The topological polar surface area (TPSA) is 59.8 Å². The standard InChI is InChI=1S/C24H16Cl3FN4OS/c1-12-5-7-13(8-6-12)21(33)22-20(19-16(26)3-2-4-18(19)28)31-32-23(29-30-24(32)34-22)15-10-9-14(25)11-17(15)27/h2-11,20,22,31H,1H3/t20-,22-/m0/s1. The van der Waals surface area contributed by atoms with E-state index < -0.39 is 17.1 Å². The summed E-state index contributed by atoms with van der Waals surface area (Å²) in [6.07, 6.45) is 0. The number of carbonyl (C=O) groups excluding carboxylic acids is 1. The van der Waals surface area contributed by atoms with Crippen molar-refractivity contribution in [3.63, 3.8) is 0 Å². The lowest BCUT2D eigenvalue weighted by Gasteiger charge is -2.33. The Morgan fingerprint density at radius 2 is 1.79 bits per heavy atom. The van der Waals surface area contributed by atoms with E-state index in [0.717, 1.165) is 5.56 Å². The number of halogens is 4. The second-order valence-corrected chi connectivity index (χ2v) is 10.1. The highest BCUT2D eigenvalue weighted by Gasteiger charge is 2.40. The van der Waals surface area contributed by atoms with E-state index in [0.29, 0.717) is 32.2 Å². The van der Waals surface area contributed by atoms with Crippen LogP contribution in [-0.2, 0) is 0 Å². The predicted octanol–water partition coefficient (Wildman–Crippen LogP) is 6.99. The predicted molar refractivity (Wildman–Crippen MR) is 134 cm³/mol. The molecule has 0 saturated carbocycles. The monoisotopic (exact) mass is 532 g/mol. The zero-order valence-electron chi connectivity index (χ0n) is 17.6. The maximum Gasteiger partial charge on any atom is 0.211 e. The number of aromatic nitrogens is 3. The van der Waals surface area contributed by atoms with E-state index in [1.54, 1.807) is 41.1 Å². The zero-order valence-corrected chi connectivity index (χ0v) is 20.7. The van der Waals surface area contributed by atoms with E-state index in [9.17, 15) is 4.79 Å². The van der Waals surface area contributed by atoms with Crippen LogP contribution in [0.3, 0.4) is 0 Å². The molecule has 0 amide bonds. The van der Waals surface area contributed by atoms with E-state index in [-0.39, 0.29) is 16.4 Å². The second-order valence-electron chi connectivity index (χ2n) is 7.78. The van der Waals surface area contributed by atoms with Gasteiger partial charge in [0.1, 0.15) is 11.1 Å². The van der Waals surface area contributed by atoms with E-state index in [1.807, 2.05) is 19.1 Å². The highest BCUT2D eigenvalue weighted by atomic mass is 35.5. The molecule has 5 nitrogen and oxygen atoms in total. The second kappa shape index (κ2) is 9.23. The third kappa shape index (κ3) is 4.18. The number of hydrogen-bond donors (Lipinski definition) is 1. The summed E-state index contributed by atoms with van der Waals surface area (Å²) < 4.78 is 16.6. The Hall–Kier alpha value is -2.58. The first-order valence-corrected chi connectivity index (χ1v) is 12.2. The van der Waals surface area contributed by atoms with Crippen LogP contribution in [0.4, 0.5) is 4.39 Å². The normalized spacial score (nSPS) is 17.2. The Labute approximate surface area is 214 Å². The highest BCUT2D eigenvalue weighted by Crippen LogP contribution is 2.43. The summed E-state index contributed by atoms with van der Waals surface area (Å²) in [7, 11) is 0. The van der Waals surface area contributed by atoms with Gasteiger partial charge in [-0.3, -0.25) is 4.79 Å². The fraction of sp³-hybridized carbons (Fsp3) is 0.125. The van der Waals surface area contributed by atoms with Gasteiger partial charge in [-0.1, -0.05) is 82.5 Å². The van der Waals surface area contributed by atoms with Crippen LogP contribution in [0.1, 0.15) is 27.5 Å². The van der Waals surface area contributed by atoms with Gasteiger partial charge in [0.05, 0.1) is 11.1 Å². The fourth-order valence-corrected chi connectivity index (χ4v) is 5.72. The van der Waals surface area contributed by atoms with Gasteiger partial charge in [0.2, 0.25) is 5.16 Å². The quantitative estimate of drug-likeness (QED) is 0.286. The number of nitrogens with zero attached hydrogens (tertiary/aromatic N) is 3. The van der Waals surface area contributed by atoms with Crippen LogP contribution in [0.5, 0.6) is 0 Å². The molecule has 4 aromatic rings. The average Bonchev–Trinajstić information content (AvgIpc) is 3.21. The Bertz CT molecular complexity index is 1390. The van der Waals surface area contributed by atoms with Crippen molar-refractivity contribution < 1.29 is 9.18 Å². The SMILES string of the molecule is Cc1ccc(C(=O)[C@H]2Sc3nnc(-c4ccc(Cl)cc4Cl)n3N[C@H]2c2c(F)cccc2Cl)cc1. The number of rotatable bonds is 4. The molecule has 1 aromatic heterocycles. The third-order valence-electron chi connectivity index (χ3n) is 5.51. The van der Waals surface area contributed by atoms with Gasteiger partial charge in [-0.15, -0.1) is 10.2 Å². The highest BCUT2D eigenvalue weighted by molar-refractivity contribution is 8.00. The van der Waals surface area contributed by atoms with E-state index >= 15 is 4.39 Å². The van der Waals surface area contributed by atoms with Crippen molar-refractivity contribution in [2.75, 3.05) is 5.43 Å². The maximum absolute atomic E-state index is 15.0. The molecule has 0 radical (unpaired) electrons. The molecule has 3 aromatic carbocycles. The molecule has 172 valence electrons. The number of Topliss-reactive ketones (excluding diaryl/α,β-unsaturated/α-hetero) is 1. The number of aryl methyl sites for hydroxylation is 1. The number of nitrogens with one attached hydrogen (secondary N) is 1. The lowest BCUT2D eigenvalue weighted by atomic mass is 9.96. The van der Waals surface area contributed by atoms with Crippen LogP contribution in [0, 0.1) is 12.7 Å². The summed E-state index contributed by atoms with van der Waals surface area (Å²) in [6, 6.07) is 15.9. The van der Waals surface area contributed by atoms with Gasteiger partial charge >= 0.3 is 0 Å². The molecule has 2 atom stereocenters. The Morgan fingerprint density at radius 1 is 1.03 bits per heavy atom. The van der Waals surface area contributed by atoms with Crippen LogP contribution < -0.4 is 5.43 Å². The molecular weight excluding hydrogens is 518 g/mol. The minimum atomic E-state index is -0.805. The molecule has 0 unspecified atom stereocenters. The van der Waals surface area contributed by atoms with Crippen LogP contribution in [0.15, 0.2) is 65.8 Å². The first-order valence-electron chi connectivity index (χ1n) is 10.2. The number of carbonyl (C=O) groups is 1. The minimum Gasteiger partial charge on any atom is -0.313 e. The van der Waals surface area contributed by atoms with Crippen LogP contribution in [0.25, 0.3) is 11.4 Å². The average molecular weight is 534 g/mol. The van der Waals surface area contributed by atoms with Crippen molar-refractivity contribution in [3.8, 4) is 11.4 Å². The molecule has 10 heteroatoms. The third-order valence-corrected chi connectivity index (χ3v) is 7.61. The number of hydrogen-bond acceptors (Lipinski definition) is 5. The van der Waals surface area contributed by atoms with Gasteiger partial charge in [-0.25, -0.2) is 9.07 Å². The van der Waals surface area contributed by atoms with Gasteiger partial charge in [0, 0.05) is 26.7 Å². The van der Waals surface area contributed by atoms with Crippen LogP contribution in [-0.4, -0.2) is 25.9 Å². The molecule has 0 bridgehead atoms. The molecule has 1 N–H and O–H groups in total. The molecule has 0 fully saturated rings. The molecule has 1 aliphatic rings. The maximum atomic E-state index is 15.0. The Morgan fingerprint density at radius 3 is 2.50 bits per heavy atom. The lowest BCUT2D eigenvalue weighted by molar-refractivity contribution is 0.0980. The summed E-state index contributed by atoms with van der Waals surface area (Å²) >= 11 is 20.1. The largest absolute Gasteiger partial charge is 0.313 e. The minimum absolute atomic E-state index is 0.179. The van der Waals surface area contributed by atoms with Crippen molar-refractivity contribution in [2.45, 2.75) is 23.4 Å². The van der Waals surface area contributed by atoms with Gasteiger partial charge in [0.15, 0.2) is 11.6 Å². The van der Waals surface area contributed by atoms with Gasteiger partial charge in [0.25, 0.3) is 0 Å². The van der Waals surface area contributed by atoms with Crippen molar-refractivity contribution in [1.29, 1.82) is 0 Å². The van der Waals surface area contributed by atoms with E-state index in [1.165, 1.54) is 23.9 Å². The van der Waals surface area contributed by atoms with Crippen LogP contribution in [0.2, 0.25) is 15.1 Å². The Kier molecular flexibility index (Phi) is 6.29. The molecule has 5 rings (SSSR count). The van der Waals surface area contributed by atoms with E-state index in [2.05, 4.69) is 15.6 Å². The lowest BCUT2D eigenvalue weighted by Crippen LogP contribution is -2.39. The van der Waals surface area contributed by atoms with Gasteiger partial charge in [-0.2, -0.15) is 0 Å². The van der Waals surface area contributed by atoms with Crippen molar-refractivity contribution in [3.05, 3.63) is 98.2 Å². The summed E-state index contributed by atoms with van der Waals surface area (Å²) in [5.74, 6) is -0.292. The molecular formula is C24H16Cl3FN4OS. The molecule has 0 saturated heterocycles. The molecule has 0 aliphatic carbocycles. The molecule has 0 spiro atoms. The van der Waals surface area contributed by atoms with Crippen molar-refractivity contribution in [1.82, 2.24) is 14.9 Å². The van der Waals surface area contributed by atoms with Gasteiger partial charge in [-0.05, 0) is 37.3 Å². The summed E-state index contributed by atoms with van der Waals surface area (Å²) in [5.41, 5.74) is 5.54. The van der Waals surface area contributed by atoms with E-state index in [4.69, 9.17) is 34.8 Å². The molecule has 2 heterocycles. The fourth-order valence-electron chi connectivity index (χ4n) is 3.81. The van der Waals surface area contributed by atoms with Crippen LogP contribution >= 0.6 is 46.6 Å². The smallest absolute Gasteiger partial charge is 0.211 e. The first-order chi connectivity index (χ1) is 16.3. The van der Waals surface area contributed by atoms with Gasteiger partial charge < -0.3 is 5.43 Å². The summed E-state index contributed by atoms with van der Waals surface area (Å²) in [5, 5.41) is 9.29. The summed E-state index contributed by atoms with van der Waals surface area (Å²) in [4.78, 5) is 13.6. The Balaban J connectivity index is 1.63. The zero-order chi connectivity index (χ0) is 24.0. The van der Waals surface area contributed by atoms with Crippen molar-refractivity contribution in [2.24, 2.45) is 0 Å². The van der Waals surface area contributed by atoms with Crippen molar-refractivity contribution >= 4 is 52.3 Å². The molecule has 1 aliphatic heterocycles. The summed E-state index contributed by atoms with van der Waals surface area (Å²) in [6.45, 7) is 1.94. The molecule has 34 heavy (non-hydrogen) atoms. The number of fused-ring (bicyclic) bond motifs is 1. The number of benzene rings is 3. The number of ketones is 1. The number of thioether (sulfide) groups is 1. The first kappa shape index (κ1) is 23.2.